The SMILES string of the molecule is CCCCC(CC)OC(=O)O. The average molecular weight is 160 g/mol. The van der Waals surface area contributed by atoms with Crippen LogP contribution in [0.15, 0.2) is 0 Å². The van der Waals surface area contributed by atoms with Crippen molar-refractivity contribution in [1.29, 1.82) is 0 Å². The van der Waals surface area contributed by atoms with Crippen molar-refractivity contribution in [2.45, 2.75) is 45.6 Å². The summed E-state index contributed by atoms with van der Waals surface area (Å²) in [5.41, 5.74) is 0. The monoisotopic (exact) mass is 160 g/mol. The van der Waals surface area contributed by atoms with E-state index in [1.165, 1.54) is 0 Å². The van der Waals surface area contributed by atoms with Crippen LogP contribution in [0.25, 0.3) is 0 Å². The molecule has 0 amide bonds. The molecule has 0 bridgehead atoms. The lowest BCUT2D eigenvalue weighted by Gasteiger charge is -2.12. The average Bonchev–Trinajstić information content (AvgIpc) is 1.97. The van der Waals surface area contributed by atoms with Crippen LogP contribution in [0.5, 0.6) is 0 Å². The maximum absolute atomic E-state index is 10.1. The first kappa shape index (κ1) is 10.3. The van der Waals surface area contributed by atoms with Crippen molar-refractivity contribution in [2.75, 3.05) is 0 Å². The van der Waals surface area contributed by atoms with Crippen LogP contribution in [0.1, 0.15) is 39.5 Å². The lowest BCUT2D eigenvalue weighted by atomic mass is 10.1. The highest BCUT2D eigenvalue weighted by Crippen LogP contribution is 2.08. The molecule has 0 aromatic carbocycles. The van der Waals surface area contributed by atoms with Gasteiger partial charge in [0.25, 0.3) is 0 Å². The van der Waals surface area contributed by atoms with E-state index in [0.717, 1.165) is 25.7 Å². The molecular formula is C8H16O3. The molecule has 0 heterocycles. The van der Waals surface area contributed by atoms with Gasteiger partial charge < -0.3 is 9.84 Å². The van der Waals surface area contributed by atoms with Gasteiger partial charge in [0.05, 0.1) is 0 Å². The summed E-state index contributed by atoms with van der Waals surface area (Å²) in [5.74, 6) is 0. The summed E-state index contributed by atoms with van der Waals surface area (Å²) in [7, 11) is 0. The fourth-order valence-electron chi connectivity index (χ4n) is 0.921. The van der Waals surface area contributed by atoms with Crippen LogP contribution in [0, 0.1) is 0 Å². The second kappa shape index (κ2) is 6.01. The second-order valence-corrected chi connectivity index (χ2v) is 2.56. The molecule has 0 fully saturated rings. The molecule has 1 N–H and O–H groups in total. The van der Waals surface area contributed by atoms with E-state index in [-0.39, 0.29) is 6.10 Å². The molecule has 0 aromatic rings. The Morgan fingerprint density at radius 3 is 2.55 bits per heavy atom. The third kappa shape index (κ3) is 5.70. The molecule has 0 aliphatic carbocycles. The minimum atomic E-state index is -1.16. The van der Waals surface area contributed by atoms with E-state index in [0.29, 0.717) is 0 Å². The van der Waals surface area contributed by atoms with Gasteiger partial charge in [-0.05, 0) is 12.8 Å². The van der Waals surface area contributed by atoms with Gasteiger partial charge in [-0.2, -0.15) is 0 Å². The van der Waals surface area contributed by atoms with Crippen LogP contribution in [0.3, 0.4) is 0 Å². The number of rotatable bonds is 5. The van der Waals surface area contributed by atoms with Gasteiger partial charge in [-0.3, -0.25) is 0 Å². The number of carbonyl (C=O) groups is 1. The Kier molecular flexibility index (Phi) is 5.61. The molecule has 0 saturated heterocycles. The van der Waals surface area contributed by atoms with Crippen LogP contribution < -0.4 is 0 Å². The summed E-state index contributed by atoms with van der Waals surface area (Å²) in [6.45, 7) is 4.01. The van der Waals surface area contributed by atoms with E-state index in [4.69, 9.17) is 5.11 Å². The van der Waals surface area contributed by atoms with Crippen LogP contribution >= 0.6 is 0 Å². The fourth-order valence-corrected chi connectivity index (χ4v) is 0.921. The zero-order valence-electron chi connectivity index (χ0n) is 7.17. The maximum atomic E-state index is 10.1. The zero-order valence-corrected chi connectivity index (χ0v) is 7.17. The summed E-state index contributed by atoms with van der Waals surface area (Å²) < 4.78 is 4.62. The summed E-state index contributed by atoms with van der Waals surface area (Å²) >= 11 is 0. The molecule has 66 valence electrons. The van der Waals surface area contributed by atoms with Gasteiger partial charge in [0, 0.05) is 0 Å². The van der Waals surface area contributed by atoms with Gasteiger partial charge >= 0.3 is 6.16 Å². The van der Waals surface area contributed by atoms with Crippen molar-refractivity contribution in [3.63, 3.8) is 0 Å². The summed E-state index contributed by atoms with van der Waals surface area (Å²) in [6.07, 6.45) is 2.47. The predicted molar refractivity (Wildman–Crippen MR) is 42.7 cm³/mol. The lowest BCUT2D eigenvalue weighted by Crippen LogP contribution is -2.15. The highest BCUT2D eigenvalue weighted by atomic mass is 16.7. The summed E-state index contributed by atoms with van der Waals surface area (Å²) in [4.78, 5) is 10.1. The molecule has 0 aliphatic heterocycles. The second-order valence-electron chi connectivity index (χ2n) is 2.56. The number of hydrogen-bond acceptors (Lipinski definition) is 2. The van der Waals surface area contributed by atoms with Gasteiger partial charge in [0.2, 0.25) is 0 Å². The Morgan fingerprint density at radius 2 is 2.18 bits per heavy atom. The Labute approximate surface area is 67.4 Å². The molecule has 0 saturated carbocycles. The predicted octanol–water partition coefficient (Wildman–Crippen LogP) is 2.65. The molecular weight excluding hydrogens is 144 g/mol. The molecule has 3 heteroatoms. The van der Waals surface area contributed by atoms with Crippen molar-refractivity contribution < 1.29 is 14.6 Å². The van der Waals surface area contributed by atoms with Gasteiger partial charge in [-0.1, -0.05) is 26.7 Å². The quantitative estimate of drug-likeness (QED) is 0.629. The van der Waals surface area contributed by atoms with Gasteiger partial charge in [0.1, 0.15) is 6.10 Å². The van der Waals surface area contributed by atoms with Crippen LogP contribution in [0.2, 0.25) is 0 Å². The highest BCUT2D eigenvalue weighted by Gasteiger charge is 2.09. The molecule has 1 unspecified atom stereocenters. The van der Waals surface area contributed by atoms with Crippen LogP contribution in [-0.4, -0.2) is 17.4 Å². The molecule has 3 nitrogen and oxygen atoms in total. The molecule has 0 aromatic heterocycles. The third-order valence-electron chi connectivity index (χ3n) is 1.60. The van der Waals surface area contributed by atoms with E-state index in [9.17, 15) is 4.79 Å². The van der Waals surface area contributed by atoms with Crippen molar-refractivity contribution in [3.05, 3.63) is 0 Å². The first-order valence-corrected chi connectivity index (χ1v) is 4.10. The normalized spacial score (nSPS) is 12.5. The lowest BCUT2D eigenvalue weighted by molar-refractivity contribution is 0.0457. The Hall–Kier alpha value is -0.730. The van der Waals surface area contributed by atoms with Crippen LogP contribution in [0.4, 0.5) is 4.79 Å². The number of carboxylic acid groups (broad SMARTS) is 1. The standard InChI is InChI=1S/C8H16O3/c1-3-5-6-7(4-2)11-8(9)10/h7H,3-6H2,1-2H3,(H,9,10). The molecule has 0 radical (unpaired) electrons. The summed E-state index contributed by atoms with van der Waals surface area (Å²) in [6, 6.07) is 0. The van der Waals surface area contributed by atoms with Gasteiger partial charge in [0.15, 0.2) is 0 Å². The maximum Gasteiger partial charge on any atom is 0.506 e. The van der Waals surface area contributed by atoms with E-state index in [1.54, 1.807) is 0 Å². The van der Waals surface area contributed by atoms with Gasteiger partial charge in [-0.25, -0.2) is 4.79 Å². The van der Waals surface area contributed by atoms with E-state index < -0.39 is 6.16 Å². The molecule has 0 spiro atoms. The largest absolute Gasteiger partial charge is 0.506 e. The minimum absolute atomic E-state index is 0.104. The Balaban J connectivity index is 3.49. The van der Waals surface area contributed by atoms with Crippen LogP contribution in [-0.2, 0) is 4.74 Å². The first-order valence-electron chi connectivity index (χ1n) is 4.10. The van der Waals surface area contributed by atoms with Crippen molar-refractivity contribution in [3.8, 4) is 0 Å². The van der Waals surface area contributed by atoms with Gasteiger partial charge in [-0.15, -0.1) is 0 Å². The minimum Gasteiger partial charge on any atom is -0.450 e. The number of unbranched alkanes of at least 4 members (excludes halogenated alkanes) is 1. The first-order chi connectivity index (χ1) is 5.20. The zero-order chi connectivity index (χ0) is 8.69. The summed E-state index contributed by atoms with van der Waals surface area (Å²) in [5, 5.41) is 8.29. The van der Waals surface area contributed by atoms with E-state index in [1.807, 2.05) is 6.92 Å². The van der Waals surface area contributed by atoms with Crippen molar-refractivity contribution >= 4 is 6.16 Å². The smallest absolute Gasteiger partial charge is 0.450 e. The molecule has 11 heavy (non-hydrogen) atoms. The Bertz CT molecular complexity index is 112. The fraction of sp³-hybridized carbons (Fsp3) is 0.875. The topological polar surface area (TPSA) is 46.5 Å². The van der Waals surface area contributed by atoms with E-state index in [2.05, 4.69) is 11.7 Å². The Morgan fingerprint density at radius 1 is 1.55 bits per heavy atom. The molecule has 0 aliphatic rings. The van der Waals surface area contributed by atoms with Crippen molar-refractivity contribution in [2.24, 2.45) is 0 Å². The number of ether oxygens (including phenoxy) is 1. The third-order valence-corrected chi connectivity index (χ3v) is 1.60. The van der Waals surface area contributed by atoms with Crippen molar-refractivity contribution in [1.82, 2.24) is 0 Å². The van der Waals surface area contributed by atoms with E-state index >= 15 is 0 Å². The number of hydrogen-bond donors (Lipinski definition) is 1. The molecule has 0 rings (SSSR count). The highest BCUT2D eigenvalue weighted by molar-refractivity contribution is 5.57. The molecule has 1 atom stereocenters.